The molecule has 2 aliphatic rings. The monoisotopic (exact) mass is 559 g/mol. The number of esters is 1. The van der Waals surface area contributed by atoms with Gasteiger partial charge in [0.25, 0.3) is 0 Å². The van der Waals surface area contributed by atoms with Crippen LogP contribution in [0.25, 0.3) is 0 Å². The van der Waals surface area contributed by atoms with Gasteiger partial charge in [-0.1, -0.05) is 45.2 Å². The predicted molar refractivity (Wildman–Crippen MR) is 136 cm³/mol. The summed E-state index contributed by atoms with van der Waals surface area (Å²) in [7, 11) is 0. The van der Waals surface area contributed by atoms with Gasteiger partial charge in [-0.3, -0.25) is 9.59 Å². The zero-order valence-corrected chi connectivity index (χ0v) is 21.7. The zero-order chi connectivity index (χ0) is 24.8. The topological polar surface area (TPSA) is 90.3 Å². The molecular weight excluding hydrogens is 534 g/mol. The lowest BCUT2D eigenvalue weighted by molar-refractivity contribution is -0.147. The number of alkyl halides is 1. The first-order valence-corrected chi connectivity index (χ1v) is 13.2. The third-order valence-corrected chi connectivity index (χ3v) is 7.70. The number of nitrogens with zero attached hydrogens (tertiary/aromatic N) is 3. The Hall–Kier alpha value is -2.90. The first kappa shape index (κ1) is 25.2. The van der Waals surface area contributed by atoms with Crippen molar-refractivity contribution in [2.45, 2.75) is 43.0 Å². The molecule has 2 aromatic rings. The van der Waals surface area contributed by atoms with Crippen LogP contribution in [0, 0.1) is 12.3 Å². The summed E-state index contributed by atoms with van der Waals surface area (Å²) in [5.74, 6) is 2.63. The third-order valence-electron chi connectivity index (χ3n) is 5.93. The molecule has 4 rings (SSSR count). The maximum Gasteiger partial charge on any atom is 0.329 e. The number of carbonyl (C=O) groups excluding carboxylic acids is 2. The van der Waals surface area contributed by atoms with Crippen LogP contribution in [0.1, 0.15) is 54.5 Å². The molecule has 3 heterocycles. The fraction of sp³-hybridized carbons (Fsp3) is 0.440. The van der Waals surface area contributed by atoms with Crippen LogP contribution >= 0.6 is 27.3 Å². The van der Waals surface area contributed by atoms with E-state index < -0.39 is 10.8 Å². The highest BCUT2D eigenvalue weighted by atomic mass is 79.9. The first-order chi connectivity index (χ1) is 17.0. The summed E-state index contributed by atoms with van der Waals surface area (Å²) in [6, 6.07) is 7.65. The van der Waals surface area contributed by atoms with Crippen LogP contribution in [0.2, 0.25) is 0 Å². The quantitative estimate of drug-likeness (QED) is 0.210. The van der Waals surface area contributed by atoms with Crippen LogP contribution in [0.3, 0.4) is 0 Å². The number of ether oxygens (including phenoxy) is 2. The van der Waals surface area contributed by atoms with Gasteiger partial charge in [0.1, 0.15) is 18.1 Å². The normalized spacial score (nSPS) is 18.8. The average molecular weight is 560 g/mol. The van der Waals surface area contributed by atoms with E-state index in [9.17, 15) is 9.59 Å². The van der Waals surface area contributed by atoms with E-state index in [4.69, 9.17) is 25.7 Å². The fourth-order valence-corrected chi connectivity index (χ4v) is 5.55. The molecule has 0 saturated carbocycles. The maximum absolute atomic E-state index is 12.6. The van der Waals surface area contributed by atoms with Crippen LogP contribution in [-0.4, -0.2) is 58.6 Å². The number of halogens is 1. The number of piperidine rings is 1. The summed E-state index contributed by atoms with van der Waals surface area (Å²) in [6.07, 6.45) is 7.23. The second kappa shape index (κ2) is 11.7. The summed E-state index contributed by atoms with van der Waals surface area (Å²) in [6.45, 7) is 3.29. The molecule has 1 aromatic heterocycles. The van der Waals surface area contributed by atoms with Crippen LogP contribution in [-0.2, 0) is 19.2 Å². The molecule has 0 bridgehead atoms. The first-order valence-electron chi connectivity index (χ1n) is 11.4. The van der Waals surface area contributed by atoms with Gasteiger partial charge < -0.3 is 19.2 Å². The van der Waals surface area contributed by atoms with Gasteiger partial charge in [-0.15, -0.1) is 17.8 Å². The molecule has 0 spiro atoms. The van der Waals surface area contributed by atoms with E-state index in [0.29, 0.717) is 25.3 Å². The number of amides is 1. The van der Waals surface area contributed by atoms with E-state index in [1.165, 1.54) is 0 Å². The second-order valence-electron chi connectivity index (χ2n) is 8.15. The highest BCUT2D eigenvalue weighted by Gasteiger charge is 2.33. The van der Waals surface area contributed by atoms with Crippen LogP contribution < -0.4 is 4.74 Å². The number of aromatic nitrogens is 1. The highest BCUT2D eigenvalue weighted by Crippen LogP contribution is 2.36. The van der Waals surface area contributed by atoms with Crippen molar-refractivity contribution in [3.63, 3.8) is 0 Å². The van der Waals surface area contributed by atoms with E-state index in [-0.39, 0.29) is 31.1 Å². The van der Waals surface area contributed by atoms with Gasteiger partial charge in [-0.05, 0) is 25.8 Å². The lowest BCUT2D eigenvalue weighted by Crippen LogP contribution is -2.44. The van der Waals surface area contributed by atoms with Crippen molar-refractivity contribution >= 4 is 44.9 Å². The largest absolute Gasteiger partial charge is 0.481 e. The highest BCUT2D eigenvalue weighted by molar-refractivity contribution is 9.10. The molecule has 2 unspecified atom stereocenters. The molecule has 1 fully saturated rings. The number of rotatable bonds is 8. The molecule has 2 atom stereocenters. The number of thiazole rings is 1. The van der Waals surface area contributed by atoms with Crippen molar-refractivity contribution in [1.29, 1.82) is 0 Å². The number of hydrogen-bond acceptors (Lipinski definition) is 8. The molecule has 1 aromatic carbocycles. The Morgan fingerprint density at radius 1 is 1.34 bits per heavy atom. The third kappa shape index (κ3) is 5.85. The van der Waals surface area contributed by atoms with E-state index in [1.54, 1.807) is 23.2 Å². The summed E-state index contributed by atoms with van der Waals surface area (Å²) in [5, 5.41) is 7.33. The maximum atomic E-state index is 12.6. The molecule has 0 radical (unpaired) electrons. The van der Waals surface area contributed by atoms with Crippen molar-refractivity contribution in [2.75, 3.05) is 26.3 Å². The number of likely N-dealkylation sites (tertiary alicyclic amines) is 1. The Kier molecular flexibility index (Phi) is 8.42. The van der Waals surface area contributed by atoms with E-state index >= 15 is 0 Å². The summed E-state index contributed by atoms with van der Waals surface area (Å²) in [5.41, 5.74) is 2.52. The molecule has 2 aliphatic heterocycles. The SMILES string of the molecule is C#CCOc1ccccc1C1CC(c2csc(C3CCN(C(=O)C(Br)C(=O)OCC)CC3)n2)=NO1. The zero-order valence-electron chi connectivity index (χ0n) is 19.3. The van der Waals surface area contributed by atoms with Crippen LogP contribution in [0.4, 0.5) is 0 Å². The van der Waals surface area contributed by atoms with Crippen molar-refractivity contribution in [2.24, 2.45) is 5.16 Å². The minimum Gasteiger partial charge on any atom is -0.481 e. The minimum atomic E-state index is -0.958. The number of benzene rings is 1. The Bertz CT molecular complexity index is 1140. The van der Waals surface area contributed by atoms with Crippen molar-refractivity contribution < 1.29 is 23.9 Å². The Morgan fingerprint density at radius 3 is 2.86 bits per heavy atom. The molecule has 10 heteroatoms. The van der Waals surface area contributed by atoms with Crippen LogP contribution in [0.5, 0.6) is 5.75 Å². The van der Waals surface area contributed by atoms with Gasteiger partial charge in [0.05, 0.1) is 17.3 Å². The molecule has 0 aliphatic carbocycles. The summed E-state index contributed by atoms with van der Waals surface area (Å²) in [4.78, 5) is 35.7. The van der Waals surface area contributed by atoms with Gasteiger partial charge in [-0.25, -0.2) is 4.98 Å². The summed E-state index contributed by atoms with van der Waals surface area (Å²) < 4.78 is 10.6. The van der Waals surface area contributed by atoms with Gasteiger partial charge >= 0.3 is 5.97 Å². The average Bonchev–Trinajstić information content (AvgIpc) is 3.57. The summed E-state index contributed by atoms with van der Waals surface area (Å²) >= 11 is 4.77. The van der Waals surface area contributed by atoms with E-state index in [1.807, 2.05) is 29.6 Å². The fourth-order valence-electron chi connectivity index (χ4n) is 4.12. The molecular formula is C25H26BrN3O5S. The number of terminal acetylenes is 1. The van der Waals surface area contributed by atoms with Gasteiger partial charge in [0.2, 0.25) is 5.91 Å². The van der Waals surface area contributed by atoms with E-state index in [2.05, 4.69) is 27.0 Å². The standard InChI is InChI=1S/C25H26BrN3O5S/c1-3-13-33-20-8-6-5-7-17(20)21-14-18(28-34-21)19-15-35-23(27-19)16-9-11-29(12-10-16)24(30)22(26)25(31)32-4-2/h1,5-8,15-16,21-22H,4,9-14H2,2H3. The predicted octanol–water partition coefficient (Wildman–Crippen LogP) is 4.05. The van der Waals surface area contributed by atoms with Crippen LogP contribution in [0.15, 0.2) is 34.8 Å². The van der Waals surface area contributed by atoms with Gasteiger partial charge in [-0.2, -0.15) is 0 Å². The van der Waals surface area contributed by atoms with Gasteiger partial charge in [0.15, 0.2) is 10.9 Å². The van der Waals surface area contributed by atoms with Crippen molar-refractivity contribution in [3.05, 3.63) is 45.9 Å². The molecule has 1 amide bonds. The molecule has 35 heavy (non-hydrogen) atoms. The van der Waals surface area contributed by atoms with Gasteiger partial charge in [0, 0.05) is 36.4 Å². The molecule has 1 saturated heterocycles. The molecule has 0 N–H and O–H groups in total. The number of para-hydroxylation sites is 1. The molecule has 184 valence electrons. The Labute approximate surface area is 216 Å². The van der Waals surface area contributed by atoms with Crippen molar-refractivity contribution in [1.82, 2.24) is 9.88 Å². The number of hydrogen-bond donors (Lipinski definition) is 0. The van der Waals surface area contributed by atoms with Crippen molar-refractivity contribution in [3.8, 4) is 18.1 Å². The Morgan fingerprint density at radius 2 is 2.11 bits per heavy atom. The lowest BCUT2D eigenvalue weighted by atomic mass is 9.97. The minimum absolute atomic E-state index is 0.191. The second-order valence-corrected chi connectivity index (χ2v) is 9.96. The number of carbonyl (C=O) groups is 2. The smallest absolute Gasteiger partial charge is 0.329 e. The van der Waals surface area contributed by atoms with E-state index in [0.717, 1.165) is 34.8 Å². The number of oxime groups is 1. The lowest BCUT2D eigenvalue weighted by Gasteiger charge is -2.32. The molecule has 8 nitrogen and oxygen atoms in total. The Balaban J connectivity index is 1.33.